The summed E-state index contributed by atoms with van der Waals surface area (Å²) in [6.07, 6.45) is 23.2. The SMILES string of the molecule is [Si][Si](C1CCCCC1)(C1CCCCC1)C1CCCCC1. The van der Waals surface area contributed by atoms with E-state index in [1.54, 1.807) is 38.5 Å². The van der Waals surface area contributed by atoms with Gasteiger partial charge in [0.05, 0.1) is 0 Å². The van der Waals surface area contributed by atoms with Crippen LogP contribution in [0.3, 0.4) is 0 Å². The maximum absolute atomic E-state index is 4.67. The summed E-state index contributed by atoms with van der Waals surface area (Å²) in [6, 6.07) is 0. The Bertz CT molecular complexity index is 238. The van der Waals surface area contributed by atoms with Crippen LogP contribution in [-0.2, 0) is 0 Å². The zero-order valence-corrected chi connectivity index (χ0v) is 15.3. The molecule has 0 heterocycles. The van der Waals surface area contributed by atoms with Gasteiger partial charge in [-0.15, -0.1) is 0 Å². The number of hydrogen-bond acceptors (Lipinski definition) is 0. The quantitative estimate of drug-likeness (QED) is 0.552. The fourth-order valence-electron chi connectivity index (χ4n) is 5.74. The van der Waals surface area contributed by atoms with Gasteiger partial charge in [0.15, 0.2) is 0 Å². The zero-order valence-electron chi connectivity index (χ0n) is 13.3. The third-order valence-electron chi connectivity index (χ3n) is 6.84. The molecule has 2 heteroatoms. The van der Waals surface area contributed by atoms with Crippen molar-refractivity contribution < 1.29 is 0 Å². The maximum Gasteiger partial charge on any atom is 0.0472 e. The van der Waals surface area contributed by atoms with E-state index in [1.165, 1.54) is 57.8 Å². The van der Waals surface area contributed by atoms with Gasteiger partial charge in [-0.3, -0.25) is 0 Å². The van der Waals surface area contributed by atoms with Crippen molar-refractivity contribution in [3.8, 4) is 0 Å². The Labute approximate surface area is 130 Å². The first-order chi connectivity index (χ1) is 9.82. The highest BCUT2D eigenvalue weighted by Gasteiger charge is 2.48. The minimum absolute atomic E-state index is 1.12. The molecule has 3 aliphatic carbocycles. The summed E-state index contributed by atoms with van der Waals surface area (Å²) < 4.78 is 0. The first-order valence-electron chi connectivity index (χ1n) is 9.57. The predicted molar refractivity (Wildman–Crippen MR) is 92.0 cm³/mol. The molecular formula is C18H33Si2. The van der Waals surface area contributed by atoms with E-state index in [0.29, 0.717) is 0 Å². The van der Waals surface area contributed by atoms with Crippen LogP contribution in [-0.4, -0.2) is 17.4 Å². The van der Waals surface area contributed by atoms with Gasteiger partial charge in [-0.1, -0.05) is 96.3 Å². The Hall–Kier alpha value is 0.434. The van der Waals surface area contributed by atoms with E-state index >= 15 is 0 Å². The molecule has 0 aromatic carbocycles. The topological polar surface area (TPSA) is 0 Å². The Morgan fingerprint density at radius 3 is 0.950 bits per heavy atom. The van der Waals surface area contributed by atoms with E-state index in [9.17, 15) is 0 Å². The molecule has 3 fully saturated rings. The van der Waals surface area contributed by atoms with Crippen LogP contribution >= 0.6 is 0 Å². The van der Waals surface area contributed by atoms with Crippen molar-refractivity contribution in [2.24, 2.45) is 0 Å². The molecule has 0 saturated heterocycles. The van der Waals surface area contributed by atoms with Crippen LogP contribution in [0.4, 0.5) is 0 Å². The molecule has 0 aromatic heterocycles. The average Bonchev–Trinajstić information content (AvgIpc) is 2.56. The normalized spacial score (nSPS) is 28.6. The second-order valence-corrected chi connectivity index (χ2v) is 14.9. The standard InChI is InChI=1S/C18H33Si2/c19-20(16-10-4-1-5-11-16,17-12-6-2-7-13-17)18-14-8-3-9-15-18/h16-18H,1-15H2. The monoisotopic (exact) mass is 305 g/mol. The molecule has 0 aliphatic heterocycles. The van der Waals surface area contributed by atoms with E-state index in [4.69, 9.17) is 0 Å². The molecule has 3 aliphatic rings. The fourth-order valence-corrected chi connectivity index (χ4v) is 14.4. The molecule has 20 heavy (non-hydrogen) atoms. The van der Waals surface area contributed by atoms with E-state index in [-0.39, 0.29) is 0 Å². The molecule has 0 amide bonds. The van der Waals surface area contributed by atoms with Crippen molar-refractivity contribution in [1.29, 1.82) is 0 Å². The van der Waals surface area contributed by atoms with Crippen LogP contribution in [0.2, 0.25) is 16.6 Å². The van der Waals surface area contributed by atoms with Crippen molar-refractivity contribution in [3.63, 3.8) is 0 Å². The summed E-state index contributed by atoms with van der Waals surface area (Å²) in [4.78, 5) is 0. The van der Waals surface area contributed by atoms with Gasteiger partial charge in [-0.25, -0.2) is 0 Å². The summed E-state index contributed by atoms with van der Waals surface area (Å²) in [7, 11) is 3.43. The first-order valence-corrected chi connectivity index (χ1v) is 13.3. The zero-order chi connectivity index (χ0) is 13.8. The smallest absolute Gasteiger partial charge is 0.0472 e. The fraction of sp³-hybridized carbons (Fsp3) is 1.00. The minimum atomic E-state index is -1.24. The predicted octanol–water partition coefficient (Wildman–Crippen LogP) is 6.10. The summed E-state index contributed by atoms with van der Waals surface area (Å²) in [5.74, 6) is 0. The highest BCUT2D eigenvalue weighted by Crippen LogP contribution is 2.54. The number of hydrogen-bond donors (Lipinski definition) is 0. The van der Waals surface area contributed by atoms with Crippen LogP contribution in [0.25, 0.3) is 0 Å². The van der Waals surface area contributed by atoms with Crippen LogP contribution in [0, 0.1) is 0 Å². The van der Waals surface area contributed by atoms with E-state index < -0.39 is 7.59 Å². The van der Waals surface area contributed by atoms with Gasteiger partial charge in [0.1, 0.15) is 0 Å². The van der Waals surface area contributed by atoms with Gasteiger partial charge in [0, 0.05) is 17.4 Å². The molecule has 0 aromatic rings. The van der Waals surface area contributed by atoms with Crippen molar-refractivity contribution in [2.75, 3.05) is 0 Å². The largest absolute Gasteiger partial charge is 0.0533 e. The lowest BCUT2D eigenvalue weighted by atomic mass is 9.98. The Morgan fingerprint density at radius 2 is 0.700 bits per heavy atom. The maximum atomic E-state index is 4.67. The molecule has 0 spiro atoms. The van der Waals surface area contributed by atoms with Crippen LogP contribution < -0.4 is 0 Å². The lowest BCUT2D eigenvalue weighted by Gasteiger charge is -2.51. The lowest BCUT2D eigenvalue weighted by Crippen LogP contribution is -2.52. The molecule has 113 valence electrons. The third-order valence-corrected chi connectivity index (χ3v) is 16.3. The molecule has 0 atom stereocenters. The highest BCUT2D eigenvalue weighted by atomic mass is 29.2. The van der Waals surface area contributed by atoms with Crippen molar-refractivity contribution in [3.05, 3.63) is 0 Å². The molecule has 3 saturated carbocycles. The second-order valence-electron chi connectivity index (χ2n) is 7.94. The van der Waals surface area contributed by atoms with Gasteiger partial charge < -0.3 is 0 Å². The number of rotatable bonds is 3. The lowest BCUT2D eigenvalue weighted by molar-refractivity contribution is 0.424. The summed E-state index contributed by atoms with van der Waals surface area (Å²) >= 11 is 0. The molecule has 0 unspecified atom stereocenters. The average molecular weight is 306 g/mol. The van der Waals surface area contributed by atoms with Gasteiger partial charge >= 0.3 is 0 Å². The van der Waals surface area contributed by atoms with Crippen molar-refractivity contribution >= 4 is 17.4 Å². The van der Waals surface area contributed by atoms with Gasteiger partial charge in [0.25, 0.3) is 0 Å². The Kier molecular flexibility index (Phi) is 5.47. The van der Waals surface area contributed by atoms with Crippen LogP contribution in [0.1, 0.15) is 96.3 Å². The van der Waals surface area contributed by atoms with E-state index in [1.807, 2.05) is 0 Å². The van der Waals surface area contributed by atoms with Gasteiger partial charge in [0.2, 0.25) is 0 Å². The van der Waals surface area contributed by atoms with Crippen molar-refractivity contribution in [1.82, 2.24) is 0 Å². The van der Waals surface area contributed by atoms with E-state index in [0.717, 1.165) is 16.6 Å². The Balaban J connectivity index is 1.79. The molecule has 0 bridgehead atoms. The molecule has 0 nitrogen and oxygen atoms in total. The van der Waals surface area contributed by atoms with Crippen LogP contribution in [0.5, 0.6) is 0 Å². The van der Waals surface area contributed by atoms with E-state index in [2.05, 4.69) is 9.76 Å². The third kappa shape index (κ3) is 3.11. The van der Waals surface area contributed by atoms with Crippen LogP contribution in [0.15, 0.2) is 0 Å². The molecule has 3 rings (SSSR count). The summed E-state index contributed by atoms with van der Waals surface area (Å²) in [5.41, 5.74) is 3.37. The summed E-state index contributed by atoms with van der Waals surface area (Å²) in [5, 5.41) is 0. The molecular weight excluding hydrogens is 272 g/mol. The molecule has 3 radical (unpaired) electrons. The van der Waals surface area contributed by atoms with Crippen molar-refractivity contribution in [2.45, 2.75) is 113 Å². The van der Waals surface area contributed by atoms with Gasteiger partial charge in [-0.2, -0.15) is 0 Å². The Morgan fingerprint density at radius 1 is 0.450 bits per heavy atom. The molecule has 0 N–H and O–H groups in total. The highest BCUT2D eigenvalue weighted by molar-refractivity contribution is 7.19. The minimum Gasteiger partial charge on any atom is -0.0533 e. The van der Waals surface area contributed by atoms with Gasteiger partial charge in [-0.05, 0) is 16.6 Å². The first kappa shape index (κ1) is 15.3. The second kappa shape index (κ2) is 7.13. The summed E-state index contributed by atoms with van der Waals surface area (Å²) in [6.45, 7) is 0.